The zero-order valence-corrected chi connectivity index (χ0v) is 13.9. The first-order chi connectivity index (χ1) is 9.78. The normalized spacial score (nSPS) is 17.9. The van der Waals surface area contributed by atoms with Gasteiger partial charge in [0.15, 0.2) is 0 Å². The van der Waals surface area contributed by atoms with Crippen LogP contribution in [0.2, 0.25) is 0 Å². The number of methoxy groups -OCH3 is 1. The molecule has 1 fully saturated rings. The average Bonchev–Trinajstić information content (AvgIpc) is 2.46. The van der Waals surface area contributed by atoms with Gasteiger partial charge in [-0.3, -0.25) is 0 Å². The molecular weight excluding hydrogens is 316 g/mol. The van der Waals surface area contributed by atoms with Gasteiger partial charge in [0.2, 0.25) is 0 Å². The zero-order chi connectivity index (χ0) is 14.2. The van der Waals surface area contributed by atoms with Crippen molar-refractivity contribution >= 4 is 15.9 Å². The third kappa shape index (κ3) is 5.45. The lowest BCUT2D eigenvalue weighted by Gasteiger charge is -2.27. The molecule has 1 saturated carbocycles. The van der Waals surface area contributed by atoms with Crippen LogP contribution in [0.4, 0.5) is 0 Å². The second-order valence-corrected chi connectivity index (χ2v) is 6.63. The number of hydrogen-bond acceptors (Lipinski definition) is 2. The van der Waals surface area contributed by atoms with Crippen LogP contribution in [0.25, 0.3) is 0 Å². The second-order valence-electron chi connectivity index (χ2n) is 5.72. The van der Waals surface area contributed by atoms with Crippen LogP contribution in [-0.2, 0) is 4.74 Å². The quantitative estimate of drug-likeness (QED) is 0.678. The van der Waals surface area contributed by atoms with Crippen LogP contribution in [0.1, 0.15) is 44.9 Å². The van der Waals surface area contributed by atoms with Crippen LogP contribution < -0.4 is 4.74 Å². The van der Waals surface area contributed by atoms with Gasteiger partial charge in [0.1, 0.15) is 11.9 Å². The lowest BCUT2D eigenvalue weighted by atomic mass is 9.85. The summed E-state index contributed by atoms with van der Waals surface area (Å²) in [6.45, 7) is 0.769. The molecule has 0 heterocycles. The molecule has 1 unspecified atom stereocenters. The van der Waals surface area contributed by atoms with Crippen LogP contribution in [0.15, 0.2) is 28.7 Å². The monoisotopic (exact) mass is 340 g/mol. The molecule has 0 N–H and O–H groups in total. The minimum absolute atomic E-state index is 0.271. The summed E-state index contributed by atoms with van der Waals surface area (Å²) in [5, 5.41) is 0. The molecule has 0 amide bonds. The number of halogens is 1. The Bertz CT molecular complexity index is 388. The van der Waals surface area contributed by atoms with Gasteiger partial charge in [0, 0.05) is 24.6 Å². The van der Waals surface area contributed by atoms with Gasteiger partial charge in [-0.2, -0.15) is 0 Å². The molecule has 1 aromatic carbocycles. The van der Waals surface area contributed by atoms with Crippen molar-refractivity contribution in [3.05, 3.63) is 28.7 Å². The molecule has 0 spiro atoms. The Morgan fingerprint density at radius 2 is 2.05 bits per heavy atom. The summed E-state index contributed by atoms with van der Waals surface area (Å²) in [6.07, 6.45) is 9.32. The molecular formula is C17H25BrO2. The summed E-state index contributed by atoms with van der Waals surface area (Å²) in [4.78, 5) is 0. The Balaban J connectivity index is 1.91. The predicted molar refractivity (Wildman–Crippen MR) is 86.2 cm³/mol. The Hall–Kier alpha value is -0.540. The fraction of sp³-hybridized carbons (Fsp3) is 0.647. The van der Waals surface area contributed by atoms with Gasteiger partial charge in [-0.15, -0.1) is 0 Å². The minimum Gasteiger partial charge on any atom is -0.490 e. The minimum atomic E-state index is 0.271. The molecule has 0 radical (unpaired) electrons. The highest BCUT2D eigenvalue weighted by Gasteiger charge is 2.20. The van der Waals surface area contributed by atoms with Crippen molar-refractivity contribution in [2.45, 2.75) is 51.0 Å². The number of ether oxygens (including phenoxy) is 2. The van der Waals surface area contributed by atoms with E-state index in [1.54, 1.807) is 7.11 Å². The molecule has 20 heavy (non-hydrogen) atoms. The van der Waals surface area contributed by atoms with E-state index in [9.17, 15) is 0 Å². The van der Waals surface area contributed by atoms with Crippen LogP contribution in [0, 0.1) is 5.92 Å². The van der Waals surface area contributed by atoms with E-state index < -0.39 is 0 Å². The first-order valence-corrected chi connectivity index (χ1v) is 8.48. The smallest absolute Gasteiger partial charge is 0.120 e. The van der Waals surface area contributed by atoms with E-state index in [1.807, 2.05) is 24.3 Å². The number of hydrogen-bond donors (Lipinski definition) is 0. The molecule has 0 saturated heterocycles. The van der Waals surface area contributed by atoms with Crippen molar-refractivity contribution in [2.75, 3.05) is 13.7 Å². The third-order valence-corrected chi connectivity index (χ3v) is 4.56. The standard InChI is InChI=1S/C17H25BrO2/c1-19-11-10-17(12-14-6-3-2-4-7-14)20-16-9-5-8-15(18)13-16/h5,8-9,13-14,17H,2-4,6-7,10-12H2,1H3. The summed E-state index contributed by atoms with van der Waals surface area (Å²) in [7, 11) is 1.76. The Morgan fingerprint density at radius 1 is 1.25 bits per heavy atom. The molecule has 1 aliphatic rings. The largest absolute Gasteiger partial charge is 0.490 e. The number of rotatable bonds is 7. The van der Waals surface area contributed by atoms with Crippen LogP contribution >= 0.6 is 15.9 Å². The summed E-state index contributed by atoms with van der Waals surface area (Å²) in [5.74, 6) is 1.79. The maximum Gasteiger partial charge on any atom is 0.120 e. The molecule has 0 aromatic heterocycles. The lowest BCUT2D eigenvalue weighted by molar-refractivity contribution is 0.102. The van der Waals surface area contributed by atoms with Crippen LogP contribution in [0.5, 0.6) is 5.75 Å². The topological polar surface area (TPSA) is 18.5 Å². The molecule has 112 valence electrons. The molecule has 0 aliphatic heterocycles. The Kier molecular flexibility index (Phi) is 6.88. The molecule has 3 heteroatoms. The average molecular weight is 341 g/mol. The van der Waals surface area contributed by atoms with E-state index in [0.29, 0.717) is 0 Å². The highest BCUT2D eigenvalue weighted by atomic mass is 79.9. The maximum atomic E-state index is 6.19. The first kappa shape index (κ1) is 15.8. The van der Waals surface area contributed by atoms with Crippen molar-refractivity contribution < 1.29 is 9.47 Å². The van der Waals surface area contributed by atoms with Crippen molar-refractivity contribution in [1.82, 2.24) is 0 Å². The van der Waals surface area contributed by atoms with Gasteiger partial charge >= 0.3 is 0 Å². The highest BCUT2D eigenvalue weighted by molar-refractivity contribution is 9.10. The van der Waals surface area contributed by atoms with E-state index in [0.717, 1.165) is 35.6 Å². The predicted octanol–water partition coefficient (Wildman–Crippen LogP) is 5.20. The third-order valence-electron chi connectivity index (χ3n) is 4.06. The summed E-state index contributed by atoms with van der Waals surface area (Å²) >= 11 is 3.50. The molecule has 2 rings (SSSR count). The van der Waals surface area contributed by atoms with Gasteiger partial charge < -0.3 is 9.47 Å². The fourth-order valence-electron chi connectivity index (χ4n) is 3.00. The van der Waals surface area contributed by atoms with Gasteiger partial charge in [0.05, 0.1) is 0 Å². The van der Waals surface area contributed by atoms with E-state index in [4.69, 9.17) is 9.47 Å². The maximum absolute atomic E-state index is 6.19. The fourth-order valence-corrected chi connectivity index (χ4v) is 3.38. The van der Waals surface area contributed by atoms with Crippen LogP contribution in [-0.4, -0.2) is 19.8 Å². The Morgan fingerprint density at radius 3 is 2.75 bits per heavy atom. The molecule has 2 nitrogen and oxygen atoms in total. The van der Waals surface area contributed by atoms with Crippen LogP contribution in [0.3, 0.4) is 0 Å². The summed E-state index contributed by atoms with van der Waals surface area (Å²) < 4.78 is 12.5. The van der Waals surface area contributed by atoms with Crippen molar-refractivity contribution in [1.29, 1.82) is 0 Å². The van der Waals surface area contributed by atoms with E-state index in [1.165, 1.54) is 32.1 Å². The van der Waals surface area contributed by atoms with Crippen molar-refractivity contribution in [3.63, 3.8) is 0 Å². The lowest BCUT2D eigenvalue weighted by Crippen LogP contribution is -2.23. The van der Waals surface area contributed by atoms with Crippen molar-refractivity contribution in [2.24, 2.45) is 5.92 Å². The van der Waals surface area contributed by atoms with Gasteiger partial charge in [0.25, 0.3) is 0 Å². The highest BCUT2D eigenvalue weighted by Crippen LogP contribution is 2.30. The van der Waals surface area contributed by atoms with E-state index in [2.05, 4.69) is 15.9 Å². The first-order valence-electron chi connectivity index (χ1n) is 7.69. The van der Waals surface area contributed by atoms with Gasteiger partial charge in [-0.1, -0.05) is 54.1 Å². The molecule has 1 atom stereocenters. The van der Waals surface area contributed by atoms with Gasteiger partial charge in [-0.25, -0.2) is 0 Å². The van der Waals surface area contributed by atoms with E-state index in [-0.39, 0.29) is 6.10 Å². The molecule has 1 aromatic rings. The molecule has 0 bridgehead atoms. The van der Waals surface area contributed by atoms with Gasteiger partial charge in [-0.05, 0) is 30.5 Å². The number of benzene rings is 1. The van der Waals surface area contributed by atoms with Crippen molar-refractivity contribution in [3.8, 4) is 5.75 Å². The summed E-state index contributed by atoms with van der Waals surface area (Å²) in [5.41, 5.74) is 0. The SMILES string of the molecule is COCCC(CC1CCCCC1)Oc1cccc(Br)c1. The van der Waals surface area contributed by atoms with E-state index >= 15 is 0 Å². The molecule has 1 aliphatic carbocycles. The second kappa shape index (κ2) is 8.68. The summed E-state index contributed by atoms with van der Waals surface area (Å²) in [6, 6.07) is 8.12. The Labute approximate surface area is 131 Å². The zero-order valence-electron chi connectivity index (χ0n) is 12.3.